The van der Waals surface area contributed by atoms with Gasteiger partial charge < -0.3 is 9.84 Å². The number of hydrogen-bond donors (Lipinski definition) is 1. The smallest absolute Gasteiger partial charge is 0.347 e. The lowest BCUT2D eigenvalue weighted by molar-refractivity contribution is -0.152. The minimum Gasteiger partial charge on any atom is -0.478 e. The molecule has 0 aliphatic heterocycles. The van der Waals surface area contributed by atoms with E-state index in [4.69, 9.17) is 9.84 Å². The molecule has 1 aromatic heterocycles. The Kier molecular flexibility index (Phi) is 4.38. The third kappa shape index (κ3) is 4.18. The summed E-state index contributed by atoms with van der Waals surface area (Å²) in [6, 6.07) is 11.1. The minimum absolute atomic E-state index is 0.531. The first kappa shape index (κ1) is 14.8. The van der Waals surface area contributed by atoms with Gasteiger partial charge >= 0.3 is 5.97 Å². The fourth-order valence-corrected chi connectivity index (χ4v) is 1.65. The van der Waals surface area contributed by atoms with E-state index in [1.54, 1.807) is 24.5 Å². The van der Waals surface area contributed by atoms with Crippen molar-refractivity contribution in [1.82, 2.24) is 4.98 Å². The van der Waals surface area contributed by atoms with Gasteiger partial charge in [0.2, 0.25) is 0 Å². The molecule has 0 radical (unpaired) electrons. The lowest BCUT2D eigenvalue weighted by Crippen LogP contribution is -2.37. The van der Waals surface area contributed by atoms with Crippen molar-refractivity contribution in [2.24, 2.45) is 0 Å². The predicted octanol–water partition coefficient (Wildman–Crippen LogP) is 3.49. The second kappa shape index (κ2) is 6.22. The van der Waals surface area contributed by atoms with E-state index in [1.165, 1.54) is 13.8 Å². The Hall–Kier alpha value is -2.62. The van der Waals surface area contributed by atoms with Crippen LogP contribution in [0.3, 0.4) is 0 Å². The van der Waals surface area contributed by atoms with Crippen LogP contribution >= 0.6 is 0 Å². The van der Waals surface area contributed by atoms with Gasteiger partial charge in [-0.2, -0.15) is 0 Å². The van der Waals surface area contributed by atoms with E-state index in [1.807, 2.05) is 36.4 Å². The minimum atomic E-state index is -1.24. The Balaban J connectivity index is 2.06. The third-order valence-electron chi connectivity index (χ3n) is 2.94. The molecule has 108 valence electrons. The highest BCUT2D eigenvalue weighted by Gasteiger charge is 2.29. The molecule has 2 rings (SSSR count). The molecule has 0 bridgehead atoms. The number of carboxylic acid groups (broad SMARTS) is 1. The summed E-state index contributed by atoms with van der Waals surface area (Å²) >= 11 is 0. The lowest BCUT2D eigenvalue weighted by atomic mass is 10.1. The Morgan fingerprint density at radius 2 is 1.57 bits per heavy atom. The summed E-state index contributed by atoms with van der Waals surface area (Å²) in [4.78, 5) is 15.0. The van der Waals surface area contributed by atoms with Gasteiger partial charge in [-0.15, -0.1) is 0 Å². The molecule has 0 saturated carbocycles. The van der Waals surface area contributed by atoms with Crippen molar-refractivity contribution in [3.05, 3.63) is 59.9 Å². The number of nitrogens with zero attached hydrogens (tertiary/aromatic N) is 1. The van der Waals surface area contributed by atoms with Crippen LogP contribution in [0.1, 0.15) is 25.0 Å². The molecule has 1 heterocycles. The molecule has 21 heavy (non-hydrogen) atoms. The fourth-order valence-electron chi connectivity index (χ4n) is 1.65. The summed E-state index contributed by atoms with van der Waals surface area (Å²) < 4.78 is 5.45. The van der Waals surface area contributed by atoms with E-state index in [-0.39, 0.29) is 0 Å². The first-order chi connectivity index (χ1) is 9.97. The summed E-state index contributed by atoms with van der Waals surface area (Å²) in [5.41, 5.74) is 0.832. The molecule has 1 aromatic carbocycles. The first-order valence-electron chi connectivity index (χ1n) is 6.58. The molecule has 0 fully saturated rings. The molecule has 0 amide bonds. The number of pyridine rings is 1. The molecule has 0 saturated heterocycles. The zero-order chi connectivity index (χ0) is 15.3. The largest absolute Gasteiger partial charge is 0.478 e. The average Bonchev–Trinajstić information content (AvgIpc) is 2.47. The molecule has 4 heteroatoms. The monoisotopic (exact) mass is 283 g/mol. The maximum atomic E-state index is 11.0. The number of carboxylic acids is 1. The Bertz CT molecular complexity index is 631. The molecule has 0 aliphatic carbocycles. The van der Waals surface area contributed by atoms with Gasteiger partial charge in [-0.1, -0.05) is 24.3 Å². The zero-order valence-corrected chi connectivity index (χ0v) is 12.0. The van der Waals surface area contributed by atoms with Crippen LogP contribution in [0.25, 0.3) is 12.2 Å². The van der Waals surface area contributed by atoms with Crippen LogP contribution < -0.4 is 4.74 Å². The van der Waals surface area contributed by atoms with Crippen molar-refractivity contribution in [3.8, 4) is 5.75 Å². The fraction of sp³-hybridized carbons (Fsp3) is 0.176. The molecule has 0 atom stereocenters. The van der Waals surface area contributed by atoms with Crippen molar-refractivity contribution < 1.29 is 14.6 Å². The normalized spacial score (nSPS) is 11.5. The maximum absolute atomic E-state index is 11.0. The van der Waals surface area contributed by atoms with Crippen LogP contribution in [0.4, 0.5) is 0 Å². The van der Waals surface area contributed by atoms with E-state index in [0.29, 0.717) is 5.75 Å². The molecule has 0 unspecified atom stereocenters. The highest BCUT2D eigenvalue weighted by molar-refractivity contribution is 5.76. The van der Waals surface area contributed by atoms with Crippen molar-refractivity contribution in [2.75, 3.05) is 0 Å². The van der Waals surface area contributed by atoms with E-state index in [9.17, 15) is 4.79 Å². The highest BCUT2D eigenvalue weighted by Crippen LogP contribution is 2.20. The summed E-state index contributed by atoms with van der Waals surface area (Å²) in [5.74, 6) is -0.465. The molecule has 1 N–H and O–H groups in total. The Labute approximate surface area is 123 Å². The van der Waals surface area contributed by atoms with Gasteiger partial charge in [0.1, 0.15) is 5.75 Å². The van der Waals surface area contributed by atoms with Crippen molar-refractivity contribution >= 4 is 18.1 Å². The lowest BCUT2D eigenvalue weighted by Gasteiger charge is -2.21. The second-order valence-corrected chi connectivity index (χ2v) is 5.10. The maximum Gasteiger partial charge on any atom is 0.347 e. The van der Waals surface area contributed by atoms with Crippen LogP contribution in [0.2, 0.25) is 0 Å². The van der Waals surface area contributed by atoms with Crippen LogP contribution in [0.15, 0.2) is 48.8 Å². The van der Waals surface area contributed by atoms with Crippen molar-refractivity contribution in [3.63, 3.8) is 0 Å². The highest BCUT2D eigenvalue weighted by atomic mass is 16.5. The first-order valence-corrected chi connectivity index (χ1v) is 6.58. The number of hydrogen-bond acceptors (Lipinski definition) is 3. The zero-order valence-electron chi connectivity index (χ0n) is 12.0. The number of carbonyl (C=O) groups is 1. The van der Waals surface area contributed by atoms with Gasteiger partial charge in [0.15, 0.2) is 5.60 Å². The van der Waals surface area contributed by atoms with Gasteiger partial charge in [0.25, 0.3) is 0 Å². The van der Waals surface area contributed by atoms with E-state index >= 15 is 0 Å². The summed E-state index contributed by atoms with van der Waals surface area (Å²) in [6.45, 7) is 3.04. The standard InChI is InChI=1S/C17H17NO3/c1-17(2,16(19)20)21-15-7-5-13(6-8-15)3-4-14-9-11-18-12-10-14/h3-12H,1-2H3,(H,19,20)/b4-3+. The van der Waals surface area contributed by atoms with Gasteiger partial charge in [-0.3, -0.25) is 4.98 Å². The number of rotatable bonds is 5. The van der Waals surface area contributed by atoms with Crippen LogP contribution in [0, 0.1) is 0 Å². The summed E-state index contributed by atoms with van der Waals surface area (Å²) in [6.07, 6.45) is 7.44. The van der Waals surface area contributed by atoms with E-state index in [0.717, 1.165) is 11.1 Å². The van der Waals surface area contributed by atoms with Gasteiger partial charge in [0, 0.05) is 12.4 Å². The Morgan fingerprint density at radius 3 is 2.10 bits per heavy atom. The molecular formula is C17H17NO3. The van der Waals surface area contributed by atoms with E-state index < -0.39 is 11.6 Å². The predicted molar refractivity (Wildman–Crippen MR) is 81.9 cm³/mol. The molecule has 4 nitrogen and oxygen atoms in total. The van der Waals surface area contributed by atoms with Crippen LogP contribution in [-0.4, -0.2) is 21.7 Å². The quantitative estimate of drug-likeness (QED) is 0.912. The van der Waals surface area contributed by atoms with Crippen LogP contribution in [0.5, 0.6) is 5.75 Å². The molecule has 0 aliphatic rings. The second-order valence-electron chi connectivity index (χ2n) is 5.10. The third-order valence-corrected chi connectivity index (χ3v) is 2.94. The van der Waals surface area contributed by atoms with Gasteiger partial charge in [-0.25, -0.2) is 4.79 Å². The van der Waals surface area contributed by atoms with Gasteiger partial charge in [0.05, 0.1) is 0 Å². The SMILES string of the molecule is CC(C)(Oc1ccc(/C=C/c2ccncc2)cc1)C(=O)O. The van der Waals surface area contributed by atoms with Crippen LogP contribution in [-0.2, 0) is 4.79 Å². The van der Waals surface area contributed by atoms with Crippen molar-refractivity contribution in [1.29, 1.82) is 0 Å². The number of aromatic nitrogens is 1. The van der Waals surface area contributed by atoms with Crippen molar-refractivity contribution in [2.45, 2.75) is 19.4 Å². The molecule has 0 spiro atoms. The van der Waals surface area contributed by atoms with Gasteiger partial charge in [-0.05, 0) is 49.2 Å². The van der Waals surface area contributed by atoms with E-state index in [2.05, 4.69) is 4.98 Å². The summed E-state index contributed by atoms with van der Waals surface area (Å²) in [7, 11) is 0. The number of ether oxygens (including phenoxy) is 1. The molecular weight excluding hydrogens is 266 g/mol. The number of aliphatic carboxylic acids is 1. The topological polar surface area (TPSA) is 59.4 Å². The summed E-state index contributed by atoms with van der Waals surface area (Å²) in [5, 5.41) is 9.03. The molecule has 2 aromatic rings. The average molecular weight is 283 g/mol. The Morgan fingerprint density at radius 1 is 1.05 bits per heavy atom. The number of benzene rings is 1.